The molecule has 4 aromatic rings. The second-order valence-corrected chi connectivity index (χ2v) is 8.34. The van der Waals surface area contributed by atoms with Gasteiger partial charge in [-0.2, -0.15) is 14.6 Å². The first-order chi connectivity index (χ1) is 15.4. The molecule has 0 bridgehead atoms. The summed E-state index contributed by atoms with van der Waals surface area (Å²) in [4.78, 5) is 31.8. The number of benzene rings is 2. The molecule has 2 heterocycles. The van der Waals surface area contributed by atoms with Gasteiger partial charge in [0.15, 0.2) is 11.5 Å². The van der Waals surface area contributed by atoms with Crippen LogP contribution in [0.3, 0.4) is 0 Å². The van der Waals surface area contributed by atoms with Crippen LogP contribution in [-0.4, -0.2) is 42.9 Å². The number of methoxy groups -OCH3 is 2. The highest BCUT2D eigenvalue weighted by molar-refractivity contribution is 7.15. The lowest BCUT2D eigenvalue weighted by atomic mass is 10.1. The predicted octanol–water partition coefficient (Wildman–Crippen LogP) is 1.73. The molecule has 8 nitrogen and oxygen atoms in total. The first-order valence-corrected chi connectivity index (χ1v) is 10.6. The summed E-state index contributed by atoms with van der Waals surface area (Å²) < 4.78 is 12.2. The average molecular weight is 451 g/mol. The first kappa shape index (κ1) is 21.5. The minimum absolute atomic E-state index is 0.187. The SMILES string of the molecule is COc1ccc(Cc2nn3c(=O)c(=Cc4ccc(N(C)C)cc4)sc3nc2=O)cc1OC. The van der Waals surface area contributed by atoms with Crippen LogP contribution in [0, 0.1) is 0 Å². The summed E-state index contributed by atoms with van der Waals surface area (Å²) in [7, 11) is 7.04. The molecule has 0 spiro atoms. The topological polar surface area (TPSA) is 86.0 Å². The first-order valence-electron chi connectivity index (χ1n) is 9.82. The standard InChI is InChI=1S/C23H22N4O4S/c1-26(2)16-8-5-14(6-9-16)13-20-22(29)27-23(32-20)24-21(28)17(25-27)11-15-7-10-18(30-3)19(12-15)31-4/h5-10,12-13H,11H2,1-4H3. The number of rotatable bonds is 6. The van der Waals surface area contributed by atoms with Crippen molar-refractivity contribution in [3.63, 3.8) is 0 Å². The number of ether oxygens (including phenoxy) is 2. The van der Waals surface area contributed by atoms with E-state index in [-0.39, 0.29) is 22.6 Å². The van der Waals surface area contributed by atoms with Crippen molar-refractivity contribution in [3.05, 3.63) is 84.5 Å². The van der Waals surface area contributed by atoms with Gasteiger partial charge in [-0.3, -0.25) is 9.59 Å². The normalized spacial score (nSPS) is 11.7. The molecule has 164 valence electrons. The monoisotopic (exact) mass is 450 g/mol. The van der Waals surface area contributed by atoms with Gasteiger partial charge in [-0.05, 0) is 41.5 Å². The molecule has 2 aromatic carbocycles. The number of anilines is 1. The molecule has 32 heavy (non-hydrogen) atoms. The lowest BCUT2D eigenvalue weighted by molar-refractivity contribution is 0.354. The Balaban J connectivity index is 1.72. The lowest BCUT2D eigenvalue weighted by Crippen LogP contribution is -2.28. The third-order valence-electron chi connectivity index (χ3n) is 4.98. The molecule has 0 fully saturated rings. The zero-order chi connectivity index (χ0) is 22.8. The van der Waals surface area contributed by atoms with Crippen LogP contribution in [0.15, 0.2) is 52.1 Å². The van der Waals surface area contributed by atoms with Crippen molar-refractivity contribution in [1.29, 1.82) is 0 Å². The molecule has 0 aliphatic rings. The molecule has 2 aromatic heterocycles. The average Bonchev–Trinajstić information content (AvgIpc) is 3.08. The Morgan fingerprint density at radius 1 is 1.03 bits per heavy atom. The third-order valence-corrected chi connectivity index (χ3v) is 5.94. The summed E-state index contributed by atoms with van der Waals surface area (Å²) in [5, 5.41) is 4.31. The van der Waals surface area contributed by atoms with E-state index in [2.05, 4.69) is 10.1 Å². The van der Waals surface area contributed by atoms with E-state index < -0.39 is 5.56 Å². The molecule has 0 radical (unpaired) electrons. The maximum absolute atomic E-state index is 12.9. The highest BCUT2D eigenvalue weighted by Crippen LogP contribution is 2.28. The molecular formula is C23H22N4O4S. The molecule has 0 amide bonds. The number of nitrogens with zero attached hydrogens (tertiary/aromatic N) is 4. The number of hydrogen-bond donors (Lipinski definition) is 0. The molecule has 0 unspecified atom stereocenters. The van der Waals surface area contributed by atoms with Gasteiger partial charge in [-0.15, -0.1) is 0 Å². The van der Waals surface area contributed by atoms with E-state index in [1.807, 2.05) is 49.3 Å². The minimum atomic E-state index is -0.456. The van der Waals surface area contributed by atoms with Crippen LogP contribution in [0.4, 0.5) is 5.69 Å². The molecule has 0 saturated carbocycles. The van der Waals surface area contributed by atoms with Crippen molar-refractivity contribution >= 4 is 28.1 Å². The van der Waals surface area contributed by atoms with Crippen molar-refractivity contribution in [2.45, 2.75) is 6.42 Å². The predicted molar refractivity (Wildman–Crippen MR) is 125 cm³/mol. The molecule has 0 aliphatic carbocycles. The summed E-state index contributed by atoms with van der Waals surface area (Å²) in [6.07, 6.45) is 2.00. The fourth-order valence-corrected chi connectivity index (χ4v) is 4.16. The maximum Gasteiger partial charge on any atom is 0.296 e. The molecule has 9 heteroatoms. The van der Waals surface area contributed by atoms with Crippen molar-refractivity contribution in [3.8, 4) is 11.5 Å². The summed E-state index contributed by atoms with van der Waals surface area (Å²) in [5.74, 6) is 1.14. The molecule has 0 saturated heterocycles. The van der Waals surface area contributed by atoms with E-state index in [1.54, 1.807) is 32.4 Å². The quantitative estimate of drug-likeness (QED) is 0.442. The van der Waals surface area contributed by atoms with E-state index in [1.165, 1.54) is 4.52 Å². The maximum atomic E-state index is 12.9. The number of aromatic nitrogens is 3. The smallest absolute Gasteiger partial charge is 0.296 e. The van der Waals surface area contributed by atoms with Crippen LogP contribution in [0.25, 0.3) is 11.0 Å². The molecule has 0 atom stereocenters. The molecule has 0 N–H and O–H groups in total. The van der Waals surface area contributed by atoms with Crippen LogP contribution < -0.4 is 30.0 Å². The van der Waals surface area contributed by atoms with Gasteiger partial charge in [0.05, 0.1) is 18.8 Å². The highest BCUT2D eigenvalue weighted by atomic mass is 32.1. The van der Waals surface area contributed by atoms with E-state index >= 15 is 0 Å². The number of fused-ring (bicyclic) bond motifs is 1. The van der Waals surface area contributed by atoms with E-state index in [4.69, 9.17) is 9.47 Å². The van der Waals surface area contributed by atoms with Crippen molar-refractivity contribution in [1.82, 2.24) is 14.6 Å². The van der Waals surface area contributed by atoms with Gasteiger partial charge in [0.1, 0.15) is 5.69 Å². The minimum Gasteiger partial charge on any atom is -0.493 e. The van der Waals surface area contributed by atoms with Crippen LogP contribution in [0.2, 0.25) is 0 Å². The van der Waals surface area contributed by atoms with Crippen molar-refractivity contribution < 1.29 is 9.47 Å². The van der Waals surface area contributed by atoms with Crippen molar-refractivity contribution in [2.24, 2.45) is 0 Å². The Hall–Kier alpha value is -3.72. The Morgan fingerprint density at radius 3 is 2.41 bits per heavy atom. The summed E-state index contributed by atoms with van der Waals surface area (Å²) >= 11 is 1.14. The second kappa shape index (κ2) is 8.80. The third kappa shape index (κ3) is 4.19. The van der Waals surface area contributed by atoms with E-state index in [0.717, 1.165) is 28.2 Å². The van der Waals surface area contributed by atoms with Crippen LogP contribution in [0.5, 0.6) is 11.5 Å². The van der Waals surface area contributed by atoms with Crippen LogP contribution >= 0.6 is 11.3 Å². The zero-order valence-corrected chi connectivity index (χ0v) is 19.0. The Morgan fingerprint density at radius 2 is 1.75 bits per heavy atom. The lowest BCUT2D eigenvalue weighted by Gasteiger charge is -2.11. The summed E-state index contributed by atoms with van der Waals surface area (Å²) in [6.45, 7) is 0. The van der Waals surface area contributed by atoms with Gasteiger partial charge < -0.3 is 14.4 Å². The van der Waals surface area contributed by atoms with Crippen molar-refractivity contribution in [2.75, 3.05) is 33.2 Å². The molecule has 0 aliphatic heterocycles. The fraction of sp³-hybridized carbons (Fsp3) is 0.217. The molecule has 4 rings (SSSR count). The van der Waals surface area contributed by atoms with Gasteiger partial charge in [0, 0.05) is 26.2 Å². The Labute approximate surface area is 188 Å². The number of hydrogen-bond acceptors (Lipinski definition) is 8. The number of thiazole rings is 1. The fourth-order valence-electron chi connectivity index (χ4n) is 3.26. The van der Waals surface area contributed by atoms with Gasteiger partial charge >= 0.3 is 0 Å². The van der Waals surface area contributed by atoms with E-state index in [0.29, 0.717) is 16.0 Å². The Kier molecular flexibility index (Phi) is 5.91. The van der Waals surface area contributed by atoms with Crippen LogP contribution in [0.1, 0.15) is 16.8 Å². The van der Waals surface area contributed by atoms with Crippen LogP contribution in [-0.2, 0) is 6.42 Å². The highest BCUT2D eigenvalue weighted by Gasteiger charge is 2.13. The van der Waals surface area contributed by atoms with Gasteiger partial charge in [0.25, 0.3) is 11.1 Å². The summed E-state index contributed by atoms with van der Waals surface area (Å²) in [5.41, 5.74) is 2.17. The van der Waals surface area contributed by atoms with Gasteiger partial charge in [-0.1, -0.05) is 29.5 Å². The van der Waals surface area contributed by atoms with Gasteiger partial charge in [0.2, 0.25) is 4.96 Å². The zero-order valence-electron chi connectivity index (χ0n) is 18.2. The van der Waals surface area contributed by atoms with Gasteiger partial charge in [-0.25, -0.2) is 0 Å². The Bertz CT molecular complexity index is 1440. The summed E-state index contributed by atoms with van der Waals surface area (Å²) in [6, 6.07) is 13.2. The largest absolute Gasteiger partial charge is 0.493 e. The van der Waals surface area contributed by atoms with E-state index in [9.17, 15) is 9.59 Å². The molecular weight excluding hydrogens is 428 g/mol. The second-order valence-electron chi connectivity index (χ2n) is 7.33.